The average Bonchev–Trinajstić information content (AvgIpc) is 3.63. The molecule has 0 N–H and O–H groups in total. The minimum Gasteiger partial charge on any atom is -0.456 e. The van der Waals surface area contributed by atoms with E-state index in [4.69, 9.17) is 4.42 Å². The number of nitrogens with zero attached hydrogens (tertiary/aromatic N) is 1. The van der Waals surface area contributed by atoms with Crippen LogP contribution in [-0.2, 0) is 10.8 Å². The van der Waals surface area contributed by atoms with E-state index in [1.54, 1.807) is 0 Å². The van der Waals surface area contributed by atoms with Crippen LogP contribution in [0.5, 0.6) is 0 Å². The summed E-state index contributed by atoms with van der Waals surface area (Å²) in [5.74, 6) is 0. The van der Waals surface area contributed by atoms with Gasteiger partial charge in [-0.25, -0.2) is 0 Å². The second kappa shape index (κ2) is 11.6. The highest BCUT2D eigenvalue weighted by Crippen LogP contribution is 2.55. The molecular weight excluding hydrogens is 619 g/mol. The molecule has 9 rings (SSSR count). The Morgan fingerprint density at radius 1 is 0.490 bits per heavy atom. The topological polar surface area (TPSA) is 16.4 Å². The lowest BCUT2D eigenvalue weighted by molar-refractivity contribution is 0.584. The van der Waals surface area contributed by atoms with Gasteiger partial charge in [-0.15, -0.1) is 0 Å². The third-order valence-corrected chi connectivity index (χ3v) is 10.8. The van der Waals surface area contributed by atoms with E-state index < -0.39 is 0 Å². The van der Waals surface area contributed by atoms with Crippen molar-refractivity contribution in [2.75, 3.05) is 4.90 Å². The maximum Gasteiger partial charge on any atom is 0.135 e. The fourth-order valence-electron chi connectivity index (χ4n) is 8.17. The van der Waals surface area contributed by atoms with E-state index in [1.165, 1.54) is 50.1 Å². The Kier molecular flexibility index (Phi) is 7.09. The fourth-order valence-corrected chi connectivity index (χ4v) is 8.17. The Morgan fingerprint density at radius 2 is 1.14 bits per heavy atom. The molecule has 0 amide bonds. The lowest BCUT2D eigenvalue weighted by Gasteiger charge is -2.30. The molecule has 0 bridgehead atoms. The van der Waals surface area contributed by atoms with Crippen molar-refractivity contribution in [3.05, 3.63) is 174 Å². The van der Waals surface area contributed by atoms with Gasteiger partial charge in [0.05, 0.1) is 11.4 Å². The minimum atomic E-state index is -0.121. The zero-order valence-electron chi connectivity index (χ0n) is 29.9. The number of hydrogen-bond donors (Lipinski definition) is 0. The summed E-state index contributed by atoms with van der Waals surface area (Å²) in [6.07, 6.45) is 0. The van der Waals surface area contributed by atoms with Gasteiger partial charge in [0.2, 0.25) is 0 Å². The Balaban J connectivity index is 1.31. The van der Waals surface area contributed by atoms with Gasteiger partial charge >= 0.3 is 0 Å². The predicted molar refractivity (Wildman–Crippen MR) is 216 cm³/mol. The van der Waals surface area contributed by atoms with Gasteiger partial charge in [-0.05, 0) is 80.8 Å². The molecule has 1 aliphatic carbocycles. The molecule has 1 aliphatic rings. The van der Waals surface area contributed by atoms with Crippen molar-refractivity contribution < 1.29 is 4.42 Å². The maximum absolute atomic E-state index is 6.30. The summed E-state index contributed by atoms with van der Waals surface area (Å²) in [6.45, 7) is 11.7. The van der Waals surface area contributed by atoms with Crippen molar-refractivity contribution in [1.29, 1.82) is 0 Å². The molecule has 0 saturated heterocycles. The first-order chi connectivity index (χ1) is 24.7. The quantitative estimate of drug-likeness (QED) is 0.183. The molecule has 51 heavy (non-hydrogen) atoms. The number of benzene rings is 7. The van der Waals surface area contributed by atoms with Gasteiger partial charge in [-0.3, -0.25) is 0 Å². The molecule has 0 saturated carbocycles. The summed E-state index contributed by atoms with van der Waals surface area (Å²) in [5, 5.41) is 2.22. The second-order valence-corrected chi connectivity index (χ2v) is 15.4. The van der Waals surface area contributed by atoms with Gasteiger partial charge in [-0.2, -0.15) is 0 Å². The zero-order valence-corrected chi connectivity index (χ0v) is 29.9. The molecule has 7 aromatic carbocycles. The van der Waals surface area contributed by atoms with Crippen molar-refractivity contribution in [2.45, 2.75) is 45.4 Å². The van der Waals surface area contributed by atoms with Crippen LogP contribution in [0.4, 0.5) is 17.1 Å². The number of hydrogen-bond acceptors (Lipinski definition) is 2. The molecule has 248 valence electrons. The van der Waals surface area contributed by atoms with Crippen molar-refractivity contribution >= 4 is 39.0 Å². The molecular formula is C49H41NO. The molecule has 0 fully saturated rings. The number of furan rings is 1. The second-order valence-electron chi connectivity index (χ2n) is 15.4. The molecule has 2 nitrogen and oxygen atoms in total. The van der Waals surface area contributed by atoms with Crippen LogP contribution in [0.3, 0.4) is 0 Å². The summed E-state index contributed by atoms with van der Waals surface area (Å²) in [7, 11) is 0. The summed E-state index contributed by atoms with van der Waals surface area (Å²) in [4.78, 5) is 2.45. The number of para-hydroxylation sites is 3. The van der Waals surface area contributed by atoms with E-state index in [-0.39, 0.29) is 10.8 Å². The van der Waals surface area contributed by atoms with Crippen molar-refractivity contribution in [1.82, 2.24) is 0 Å². The highest BCUT2D eigenvalue weighted by molar-refractivity contribution is 6.07. The predicted octanol–water partition coefficient (Wildman–Crippen LogP) is 14.0. The van der Waals surface area contributed by atoms with Gasteiger partial charge in [-0.1, -0.05) is 156 Å². The Bertz CT molecular complexity index is 2600. The monoisotopic (exact) mass is 659 g/mol. The zero-order chi connectivity index (χ0) is 34.9. The van der Waals surface area contributed by atoms with Gasteiger partial charge in [0.25, 0.3) is 0 Å². The highest BCUT2D eigenvalue weighted by atomic mass is 16.3. The van der Waals surface area contributed by atoms with Gasteiger partial charge in [0.1, 0.15) is 11.2 Å². The molecule has 0 atom stereocenters. The van der Waals surface area contributed by atoms with E-state index >= 15 is 0 Å². The number of fused-ring (bicyclic) bond motifs is 6. The van der Waals surface area contributed by atoms with Gasteiger partial charge in [0, 0.05) is 33.0 Å². The summed E-state index contributed by atoms with van der Waals surface area (Å²) >= 11 is 0. The lowest BCUT2D eigenvalue weighted by atomic mass is 9.79. The Labute approximate surface area is 300 Å². The molecule has 0 radical (unpaired) electrons. The van der Waals surface area contributed by atoms with E-state index in [9.17, 15) is 0 Å². The van der Waals surface area contributed by atoms with Crippen molar-refractivity contribution in [3.63, 3.8) is 0 Å². The number of rotatable bonds is 5. The van der Waals surface area contributed by atoms with Crippen LogP contribution in [0.15, 0.2) is 162 Å². The largest absolute Gasteiger partial charge is 0.456 e. The first-order valence-corrected chi connectivity index (χ1v) is 17.9. The SMILES string of the molecule is CC(C)(C)c1ccc2c(c1)C(C)(C)c1cccc(-c3ccccc3N(c3ccc4oc5ccccc5c4c3)c3ccccc3-c3ccccc3)c1-2. The first kappa shape index (κ1) is 31.1. The normalized spacial score (nSPS) is 13.4. The van der Waals surface area contributed by atoms with Crippen LogP contribution in [0.25, 0.3) is 55.3 Å². The summed E-state index contributed by atoms with van der Waals surface area (Å²) in [5.41, 5.74) is 16.6. The van der Waals surface area contributed by atoms with Crippen molar-refractivity contribution in [3.8, 4) is 33.4 Å². The Morgan fingerprint density at radius 3 is 1.92 bits per heavy atom. The molecule has 8 aromatic rings. The van der Waals surface area contributed by atoms with E-state index in [0.717, 1.165) is 39.0 Å². The minimum absolute atomic E-state index is 0.0728. The van der Waals surface area contributed by atoms with E-state index in [1.807, 2.05) is 12.1 Å². The molecule has 1 heterocycles. The smallest absolute Gasteiger partial charge is 0.135 e. The summed E-state index contributed by atoms with van der Waals surface area (Å²) < 4.78 is 6.30. The maximum atomic E-state index is 6.30. The average molecular weight is 660 g/mol. The summed E-state index contributed by atoms with van der Waals surface area (Å²) in [6, 6.07) is 57.4. The van der Waals surface area contributed by atoms with Crippen LogP contribution in [-0.4, -0.2) is 0 Å². The van der Waals surface area contributed by atoms with Gasteiger partial charge in [0.15, 0.2) is 0 Å². The molecule has 1 aromatic heterocycles. The number of anilines is 3. The highest BCUT2D eigenvalue weighted by Gasteiger charge is 2.38. The van der Waals surface area contributed by atoms with Crippen LogP contribution in [0.1, 0.15) is 51.3 Å². The van der Waals surface area contributed by atoms with Crippen LogP contribution in [0, 0.1) is 0 Å². The first-order valence-electron chi connectivity index (χ1n) is 17.9. The van der Waals surface area contributed by atoms with Gasteiger partial charge < -0.3 is 9.32 Å². The third-order valence-electron chi connectivity index (χ3n) is 10.8. The van der Waals surface area contributed by atoms with Crippen molar-refractivity contribution in [2.24, 2.45) is 0 Å². The Hall–Kier alpha value is -5.86. The molecule has 2 heteroatoms. The standard InChI is InChI=1S/C49H41NO/c1-48(2,3)33-26-28-39-42(30-33)49(4,5)41-22-15-21-38(47(39)41)36-19-10-13-24-44(36)50(43-23-12-9-18-35(43)32-16-7-6-8-17-32)34-27-29-46-40(31-34)37-20-11-14-25-45(37)51-46/h6-31H,1-5H3. The molecule has 0 aliphatic heterocycles. The fraction of sp³-hybridized carbons (Fsp3) is 0.143. The third kappa shape index (κ3) is 5.01. The van der Waals surface area contributed by atoms with E-state index in [2.05, 4.69) is 185 Å². The van der Waals surface area contributed by atoms with Crippen LogP contribution < -0.4 is 4.90 Å². The van der Waals surface area contributed by atoms with Crippen LogP contribution >= 0.6 is 0 Å². The molecule has 0 unspecified atom stereocenters. The van der Waals surface area contributed by atoms with E-state index in [0.29, 0.717) is 0 Å². The lowest BCUT2D eigenvalue weighted by Crippen LogP contribution is -2.17. The van der Waals surface area contributed by atoms with Crippen LogP contribution in [0.2, 0.25) is 0 Å². The molecule has 0 spiro atoms.